The first-order valence-electron chi connectivity index (χ1n) is 2.26. The molecule has 0 amide bonds. The van der Waals surface area contributed by atoms with Crippen LogP contribution in [-0.4, -0.2) is 18.1 Å². The van der Waals surface area contributed by atoms with Crippen molar-refractivity contribution >= 4 is 24.7 Å². The first kappa shape index (κ1) is 7.66. The molecule has 0 heterocycles. The molecule has 0 unspecified atom stereocenters. The van der Waals surface area contributed by atoms with E-state index in [2.05, 4.69) is 24.0 Å². The fourth-order valence-electron chi connectivity index (χ4n) is 0.241. The molecule has 0 N–H and O–H groups in total. The first-order chi connectivity index (χ1) is 3.41. The van der Waals surface area contributed by atoms with Gasteiger partial charge in [0.15, 0.2) is 0 Å². The summed E-state index contributed by atoms with van der Waals surface area (Å²) in [4.78, 5) is 0. The van der Waals surface area contributed by atoms with E-state index in [1.54, 1.807) is 0 Å². The summed E-state index contributed by atoms with van der Waals surface area (Å²) in [6.45, 7) is 2.88. The highest BCUT2D eigenvalue weighted by atomic mass is 32.2. The lowest BCUT2D eigenvalue weighted by molar-refractivity contribution is 0.415. The zero-order valence-corrected chi connectivity index (χ0v) is 6.10. The highest BCUT2D eigenvalue weighted by Gasteiger charge is 1.80. The normalized spacial score (nSPS) is 9.43. The molecule has 0 radical (unpaired) electrons. The largest absolute Gasteiger partial charge is 0.318 e. The van der Waals surface area contributed by atoms with Gasteiger partial charge < -0.3 is 4.18 Å². The third-order valence-corrected chi connectivity index (χ3v) is 1.57. The molecule has 3 heteroatoms. The van der Waals surface area contributed by atoms with Gasteiger partial charge in [0.25, 0.3) is 0 Å². The molecule has 0 aliphatic heterocycles. The molecule has 0 aromatic heterocycles. The van der Waals surface area contributed by atoms with Gasteiger partial charge in [0.05, 0.1) is 6.61 Å². The summed E-state index contributed by atoms with van der Waals surface area (Å²) in [6.07, 6.45) is 0. The number of thiol groups is 1. The van der Waals surface area contributed by atoms with Crippen LogP contribution in [0.4, 0.5) is 0 Å². The Morgan fingerprint density at radius 1 is 1.71 bits per heavy atom. The van der Waals surface area contributed by atoms with Crippen LogP contribution in [0.5, 0.6) is 0 Å². The third-order valence-electron chi connectivity index (χ3n) is 0.523. The van der Waals surface area contributed by atoms with Crippen molar-refractivity contribution in [3.63, 3.8) is 0 Å². The SMILES string of the molecule is CCSCCOS. The van der Waals surface area contributed by atoms with Crippen molar-refractivity contribution in [3.05, 3.63) is 0 Å². The fraction of sp³-hybridized carbons (Fsp3) is 1.00. The lowest BCUT2D eigenvalue weighted by atomic mass is 10.9. The van der Waals surface area contributed by atoms with Crippen molar-refractivity contribution in [2.75, 3.05) is 18.1 Å². The molecule has 0 saturated heterocycles. The maximum atomic E-state index is 4.52. The Kier molecular flexibility index (Phi) is 7.29. The molecule has 0 aliphatic carbocycles. The smallest absolute Gasteiger partial charge is 0.0701 e. The molecular weight excluding hydrogens is 128 g/mol. The van der Waals surface area contributed by atoms with Crippen LogP contribution in [-0.2, 0) is 4.18 Å². The Labute approximate surface area is 54.4 Å². The van der Waals surface area contributed by atoms with Crippen LogP contribution in [0.1, 0.15) is 6.92 Å². The summed E-state index contributed by atoms with van der Waals surface area (Å²) in [5.74, 6) is 2.22. The molecule has 0 fully saturated rings. The summed E-state index contributed by atoms with van der Waals surface area (Å²) < 4.78 is 4.52. The average molecular weight is 138 g/mol. The van der Waals surface area contributed by atoms with E-state index < -0.39 is 0 Å². The lowest BCUT2D eigenvalue weighted by Crippen LogP contribution is -1.86. The van der Waals surface area contributed by atoms with Gasteiger partial charge >= 0.3 is 0 Å². The quantitative estimate of drug-likeness (QED) is 0.359. The molecule has 0 spiro atoms. The van der Waals surface area contributed by atoms with Crippen LogP contribution in [0.15, 0.2) is 0 Å². The highest BCUT2D eigenvalue weighted by molar-refractivity contribution is 7.99. The fourth-order valence-corrected chi connectivity index (χ4v) is 0.945. The topological polar surface area (TPSA) is 9.23 Å². The van der Waals surface area contributed by atoms with Gasteiger partial charge in [-0.1, -0.05) is 6.92 Å². The maximum absolute atomic E-state index is 4.52. The Morgan fingerprint density at radius 3 is 2.86 bits per heavy atom. The van der Waals surface area contributed by atoms with Gasteiger partial charge in [0, 0.05) is 5.75 Å². The number of hydrogen-bond acceptors (Lipinski definition) is 3. The molecule has 7 heavy (non-hydrogen) atoms. The van der Waals surface area contributed by atoms with Gasteiger partial charge in [-0.2, -0.15) is 11.8 Å². The predicted octanol–water partition coefficient (Wildman–Crippen LogP) is 1.60. The Balaban J connectivity index is 2.45. The van der Waals surface area contributed by atoms with Crippen molar-refractivity contribution in [3.8, 4) is 0 Å². The summed E-state index contributed by atoms with van der Waals surface area (Å²) >= 11 is 5.44. The van der Waals surface area contributed by atoms with Crippen LogP contribution >= 0.6 is 24.7 Å². The second-order valence-corrected chi connectivity index (χ2v) is 2.68. The van der Waals surface area contributed by atoms with E-state index in [-0.39, 0.29) is 0 Å². The van der Waals surface area contributed by atoms with Crippen molar-refractivity contribution in [1.82, 2.24) is 0 Å². The monoisotopic (exact) mass is 138 g/mol. The molecule has 0 aromatic carbocycles. The molecule has 0 bridgehead atoms. The Hall–Kier alpha value is 0.660. The molecule has 0 saturated carbocycles. The van der Waals surface area contributed by atoms with E-state index in [1.165, 1.54) is 0 Å². The molecule has 0 aromatic rings. The summed E-state index contributed by atoms with van der Waals surface area (Å²) in [7, 11) is 0. The molecule has 44 valence electrons. The lowest BCUT2D eigenvalue weighted by Gasteiger charge is -1.91. The minimum atomic E-state index is 0.752. The predicted molar refractivity (Wildman–Crippen MR) is 37.9 cm³/mol. The van der Waals surface area contributed by atoms with Crippen LogP contribution in [0, 0.1) is 0 Å². The zero-order chi connectivity index (χ0) is 5.54. The van der Waals surface area contributed by atoms with Crippen LogP contribution < -0.4 is 0 Å². The second-order valence-electron chi connectivity index (χ2n) is 1.03. The van der Waals surface area contributed by atoms with Gasteiger partial charge in [0.1, 0.15) is 0 Å². The van der Waals surface area contributed by atoms with Crippen LogP contribution in [0.3, 0.4) is 0 Å². The van der Waals surface area contributed by atoms with Crippen LogP contribution in [0.25, 0.3) is 0 Å². The standard InChI is InChI=1S/C4H10OS2/c1-2-7-4-3-5-6/h6H,2-4H2,1H3. The van der Waals surface area contributed by atoms with E-state index in [9.17, 15) is 0 Å². The third kappa shape index (κ3) is 6.66. The van der Waals surface area contributed by atoms with Gasteiger partial charge in [-0.3, -0.25) is 0 Å². The molecule has 1 nitrogen and oxygen atoms in total. The minimum absolute atomic E-state index is 0.752. The van der Waals surface area contributed by atoms with E-state index in [4.69, 9.17) is 0 Å². The van der Waals surface area contributed by atoms with E-state index in [0.29, 0.717) is 0 Å². The maximum Gasteiger partial charge on any atom is 0.0701 e. The van der Waals surface area contributed by atoms with E-state index in [1.807, 2.05) is 11.8 Å². The molecule has 0 atom stereocenters. The van der Waals surface area contributed by atoms with Gasteiger partial charge in [-0.15, -0.1) is 0 Å². The summed E-state index contributed by atoms with van der Waals surface area (Å²) in [5, 5.41) is 0. The van der Waals surface area contributed by atoms with Crippen molar-refractivity contribution in [2.24, 2.45) is 0 Å². The highest BCUT2D eigenvalue weighted by Crippen LogP contribution is 1.97. The van der Waals surface area contributed by atoms with Gasteiger partial charge in [-0.05, 0) is 18.7 Å². The number of rotatable bonds is 4. The first-order valence-corrected chi connectivity index (χ1v) is 3.78. The van der Waals surface area contributed by atoms with Gasteiger partial charge in [-0.25, -0.2) is 0 Å². The molecule has 0 rings (SSSR count). The zero-order valence-electron chi connectivity index (χ0n) is 4.39. The van der Waals surface area contributed by atoms with Gasteiger partial charge in [0.2, 0.25) is 0 Å². The summed E-state index contributed by atoms with van der Waals surface area (Å²) in [6, 6.07) is 0. The van der Waals surface area contributed by atoms with Crippen molar-refractivity contribution < 1.29 is 4.18 Å². The molecular formula is C4H10OS2. The van der Waals surface area contributed by atoms with Crippen LogP contribution in [0.2, 0.25) is 0 Å². The number of hydrogen-bond donors (Lipinski definition) is 1. The van der Waals surface area contributed by atoms with E-state index in [0.717, 1.165) is 18.1 Å². The average Bonchev–Trinajstić information content (AvgIpc) is 1.69. The molecule has 0 aliphatic rings. The number of thioether (sulfide) groups is 1. The minimum Gasteiger partial charge on any atom is -0.318 e. The van der Waals surface area contributed by atoms with Crippen molar-refractivity contribution in [1.29, 1.82) is 0 Å². The van der Waals surface area contributed by atoms with Crippen molar-refractivity contribution in [2.45, 2.75) is 6.92 Å². The van der Waals surface area contributed by atoms with E-state index >= 15 is 0 Å². The summed E-state index contributed by atoms with van der Waals surface area (Å²) in [5.41, 5.74) is 0. The Bertz CT molecular complexity index is 28.9. The second kappa shape index (κ2) is 6.66. The Morgan fingerprint density at radius 2 is 2.43 bits per heavy atom.